The Bertz CT molecular complexity index is 19.7. The normalized spacial score (nSPS) is 0. The van der Waals surface area contributed by atoms with Crippen molar-refractivity contribution in [3.63, 3.8) is 0 Å². The van der Waals surface area contributed by atoms with E-state index in [4.69, 9.17) is 0 Å². The molecular weight excluding hydrogens is 436 g/mol. The van der Waals surface area contributed by atoms with Crippen LogP contribution in [0, 0.1) is 0 Å². The summed E-state index contributed by atoms with van der Waals surface area (Å²) < 4.78 is 0. The molecule has 7 heavy (non-hydrogen) atoms. The standard InChI is InChI=1S/Al.Cu.Mn.Ni.Sn.Ti.Zn. The molecule has 9 radical (unpaired) electrons. The van der Waals surface area contributed by atoms with Crippen molar-refractivity contribution >= 4 is 41.3 Å². The predicted molar refractivity (Wildman–Crippen MR) is 11.5 cm³/mol. The number of rotatable bonds is 0. The Morgan fingerprint density at radius 3 is 1.00 bits per heavy atom. The van der Waals surface area contributed by atoms with Crippen LogP contribution in [0.5, 0.6) is 0 Å². The van der Waals surface area contributed by atoms with E-state index in [0.29, 0.717) is 0 Å². The Balaban J connectivity index is 0. The van der Waals surface area contributed by atoms with Crippen LogP contribution in [0.1, 0.15) is 0 Å². The predicted octanol–water partition coefficient (Wildman–Crippen LogP) is -0.774. The Kier molecular flexibility index (Phi) is 462. The first-order valence-electron chi connectivity index (χ1n) is 0. The molecule has 0 saturated heterocycles. The first-order chi connectivity index (χ1) is 0. The van der Waals surface area contributed by atoms with E-state index < -0.39 is 0 Å². The van der Waals surface area contributed by atoms with Crippen molar-refractivity contribution in [2.45, 2.75) is 0 Å². The molecule has 0 amide bonds. The fourth-order valence-electron chi connectivity index (χ4n) is 0. The summed E-state index contributed by atoms with van der Waals surface area (Å²) in [5.74, 6) is 0. The minimum Gasteiger partial charge on any atom is 0 e. The van der Waals surface area contributed by atoms with Gasteiger partial charge in [-0.2, -0.15) is 0 Å². The van der Waals surface area contributed by atoms with E-state index >= 15 is 0 Å². The molecule has 0 aliphatic rings. The van der Waals surface area contributed by atoms with E-state index in [1.807, 2.05) is 0 Å². The van der Waals surface area contributed by atoms with Gasteiger partial charge in [0.2, 0.25) is 0 Å². The van der Waals surface area contributed by atoms with Gasteiger partial charge in [-0.1, -0.05) is 0 Å². The molecule has 0 spiro atoms. The molecule has 0 aromatic carbocycles. The van der Waals surface area contributed by atoms with Crippen molar-refractivity contribution in [2.24, 2.45) is 0 Å². The van der Waals surface area contributed by atoms with E-state index in [2.05, 4.69) is 0 Å². The quantitative estimate of drug-likeness (QED) is 0.438. The molecule has 0 heterocycles. The SMILES string of the molecule is [Al].[Cu].[Mn].[Ni].[Sn].[Ti].[Zn]. The molecule has 0 aromatic heterocycles. The van der Waals surface area contributed by atoms with E-state index in [1.165, 1.54) is 0 Å². The largest absolute Gasteiger partial charge is 0 e. The average molecular weight is 436 g/mol. The fourth-order valence-corrected chi connectivity index (χ4v) is 0. The van der Waals surface area contributed by atoms with Gasteiger partial charge in [0.05, 0.1) is 0 Å². The third-order valence-electron chi connectivity index (χ3n) is 0. The monoisotopic (exact) mass is 435 g/mol. The molecule has 0 atom stereocenters. The van der Waals surface area contributed by atoms with Gasteiger partial charge in [-0.05, 0) is 0 Å². The minimum absolute atomic E-state index is 0. The van der Waals surface area contributed by atoms with Crippen molar-refractivity contribution in [1.82, 2.24) is 0 Å². The first-order valence-corrected chi connectivity index (χ1v) is 0. The van der Waals surface area contributed by atoms with Gasteiger partial charge >= 0.3 is 0 Å². The van der Waals surface area contributed by atoms with Gasteiger partial charge in [0, 0.05) is 133 Å². The molecule has 0 saturated carbocycles. The van der Waals surface area contributed by atoms with E-state index in [1.54, 1.807) is 0 Å². The second kappa shape index (κ2) is 48.9. The van der Waals surface area contributed by atoms with Gasteiger partial charge in [-0.25, -0.2) is 0 Å². The summed E-state index contributed by atoms with van der Waals surface area (Å²) in [5.41, 5.74) is 0. The minimum atomic E-state index is 0. The van der Waals surface area contributed by atoms with Gasteiger partial charge < -0.3 is 0 Å². The Morgan fingerprint density at radius 1 is 1.00 bits per heavy atom. The van der Waals surface area contributed by atoms with Gasteiger partial charge in [-0.3, -0.25) is 0 Å². The molecule has 0 bridgehead atoms. The second-order valence-electron chi connectivity index (χ2n) is 0. The summed E-state index contributed by atoms with van der Waals surface area (Å²) in [6.45, 7) is 0. The van der Waals surface area contributed by atoms with Crippen LogP contribution in [0.3, 0.4) is 0 Å². The van der Waals surface area contributed by atoms with E-state index in [9.17, 15) is 0 Å². The average Bonchev–Trinajstić information content (AvgIpc) is 0. The van der Waals surface area contributed by atoms with Crippen molar-refractivity contribution in [3.8, 4) is 0 Å². The third kappa shape index (κ3) is 38.9. The molecule has 0 aliphatic carbocycles. The molecule has 0 nitrogen and oxygen atoms in total. The van der Waals surface area contributed by atoms with Crippen LogP contribution in [-0.2, 0) is 91.8 Å². The maximum absolute atomic E-state index is 0. The summed E-state index contributed by atoms with van der Waals surface area (Å²) >= 11 is 0. The molecule has 0 N–H and O–H groups in total. The molecule has 0 rings (SSSR count). The smallest absolute Gasteiger partial charge is 0 e. The summed E-state index contributed by atoms with van der Waals surface area (Å²) in [6.07, 6.45) is 0. The van der Waals surface area contributed by atoms with Crippen LogP contribution in [-0.4, -0.2) is 41.3 Å². The Labute approximate surface area is 130 Å². The van der Waals surface area contributed by atoms with Crippen molar-refractivity contribution in [2.75, 3.05) is 0 Å². The zero-order valence-electron chi connectivity index (χ0n) is 3.28. The van der Waals surface area contributed by atoms with Crippen LogP contribution >= 0.6 is 0 Å². The zero-order chi connectivity index (χ0) is 0. The molecule has 0 aliphatic heterocycles. The third-order valence-corrected chi connectivity index (χ3v) is 0. The second-order valence-corrected chi connectivity index (χ2v) is 0. The van der Waals surface area contributed by atoms with Gasteiger partial charge in [-0.15, -0.1) is 0 Å². The fraction of sp³-hybridized carbons (Fsp3) is 0. The summed E-state index contributed by atoms with van der Waals surface area (Å²) in [5, 5.41) is 0. The molecule has 7 heteroatoms. The maximum Gasteiger partial charge on any atom is 0 e. The first kappa shape index (κ1) is 66.0. The molecular formula is AlCuMnNiSnTiZn. The molecule has 41 valence electrons. The molecule has 0 aromatic rings. The van der Waals surface area contributed by atoms with Crippen molar-refractivity contribution in [3.05, 3.63) is 0 Å². The van der Waals surface area contributed by atoms with Crippen molar-refractivity contribution < 1.29 is 91.8 Å². The topological polar surface area (TPSA) is 0 Å². The molecule has 0 fully saturated rings. The van der Waals surface area contributed by atoms with Crippen molar-refractivity contribution in [1.29, 1.82) is 0 Å². The number of hydrogen-bond donors (Lipinski definition) is 0. The number of hydrogen-bond acceptors (Lipinski definition) is 0. The van der Waals surface area contributed by atoms with Crippen LogP contribution in [0.25, 0.3) is 0 Å². The van der Waals surface area contributed by atoms with Crippen LogP contribution in [0.2, 0.25) is 0 Å². The van der Waals surface area contributed by atoms with Gasteiger partial charge in [0.1, 0.15) is 0 Å². The van der Waals surface area contributed by atoms with E-state index in [0.717, 1.165) is 0 Å². The van der Waals surface area contributed by atoms with Crippen LogP contribution in [0.15, 0.2) is 0 Å². The zero-order valence-corrected chi connectivity index (χ0v) is 14.9. The summed E-state index contributed by atoms with van der Waals surface area (Å²) in [4.78, 5) is 0. The molecule has 0 unspecified atom stereocenters. The Hall–Kier alpha value is 4.20. The van der Waals surface area contributed by atoms with E-state index in [-0.39, 0.29) is 133 Å². The van der Waals surface area contributed by atoms with Crippen LogP contribution in [0.4, 0.5) is 0 Å². The van der Waals surface area contributed by atoms with Crippen LogP contribution < -0.4 is 0 Å². The summed E-state index contributed by atoms with van der Waals surface area (Å²) in [6, 6.07) is 0. The maximum atomic E-state index is 0. The van der Waals surface area contributed by atoms with Gasteiger partial charge in [0.15, 0.2) is 0 Å². The Morgan fingerprint density at radius 2 is 1.00 bits per heavy atom. The van der Waals surface area contributed by atoms with Gasteiger partial charge in [0.25, 0.3) is 0 Å². The summed E-state index contributed by atoms with van der Waals surface area (Å²) in [7, 11) is 0.